The van der Waals surface area contributed by atoms with Crippen molar-refractivity contribution >= 4 is 5.91 Å². The van der Waals surface area contributed by atoms with Gasteiger partial charge in [-0.25, -0.2) is 0 Å². The topological polar surface area (TPSA) is 55.1 Å². The van der Waals surface area contributed by atoms with Gasteiger partial charge < -0.3 is 11.1 Å². The van der Waals surface area contributed by atoms with Gasteiger partial charge >= 0.3 is 0 Å². The fourth-order valence-electron chi connectivity index (χ4n) is 2.48. The van der Waals surface area contributed by atoms with E-state index in [9.17, 15) is 4.79 Å². The molecule has 0 bridgehead atoms. The highest BCUT2D eigenvalue weighted by Gasteiger charge is 2.36. The van der Waals surface area contributed by atoms with E-state index in [0.29, 0.717) is 6.54 Å². The Bertz CT molecular complexity index is 238. The van der Waals surface area contributed by atoms with Gasteiger partial charge in [0, 0.05) is 18.5 Å². The molecule has 0 aromatic carbocycles. The minimum absolute atomic E-state index is 0.0932. The first-order valence-corrected chi connectivity index (χ1v) is 6.50. The van der Waals surface area contributed by atoms with Crippen molar-refractivity contribution in [2.45, 2.75) is 58.9 Å². The molecule has 3 heteroatoms. The quantitative estimate of drug-likeness (QED) is 0.771. The lowest BCUT2D eigenvalue weighted by Gasteiger charge is -2.37. The zero-order valence-electron chi connectivity index (χ0n) is 10.9. The standard InChI is InChI=1S/C13H26N2O/c1-4-10(14)9-15-12(16)11-7-5-6-8-13(11,2)3/h10-11H,4-9,14H2,1-3H3,(H,15,16). The number of hydrogen-bond donors (Lipinski definition) is 2. The average Bonchev–Trinajstić information content (AvgIpc) is 2.24. The van der Waals surface area contributed by atoms with Crippen LogP contribution in [0.5, 0.6) is 0 Å². The summed E-state index contributed by atoms with van der Waals surface area (Å²) in [5, 5.41) is 2.99. The van der Waals surface area contributed by atoms with Gasteiger partial charge in [0.05, 0.1) is 0 Å². The second-order valence-electron chi connectivity index (χ2n) is 5.70. The lowest BCUT2D eigenvalue weighted by atomic mass is 9.68. The molecule has 0 aromatic rings. The summed E-state index contributed by atoms with van der Waals surface area (Å²) >= 11 is 0. The summed E-state index contributed by atoms with van der Waals surface area (Å²) in [6.07, 6.45) is 5.53. The Kier molecular flexibility index (Phi) is 4.78. The maximum absolute atomic E-state index is 12.1. The van der Waals surface area contributed by atoms with Gasteiger partial charge in [-0.15, -0.1) is 0 Å². The molecule has 1 aliphatic carbocycles. The molecule has 0 spiro atoms. The van der Waals surface area contributed by atoms with Gasteiger partial charge in [-0.1, -0.05) is 33.6 Å². The molecular weight excluding hydrogens is 200 g/mol. The molecule has 2 unspecified atom stereocenters. The van der Waals surface area contributed by atoms with Crippen molar-refractivity contribution in [1.82, 2.24) is 5.32 Å². The van der Waals surface area contributed by atoms with Crippen molar-refractivity contribution < 1.29 is 4.79 Å². The van der Waals surface area contributed by atoms with E-state index in [4.69, 9.17) is 5.73 Å². The first-order valence-electron chi connectivity index (χ1n) is 6.50. The number of carbonyl (C=O) groups is 1. The van der Waals surface area contributed by atoms with Crippen LogP contribution in [-0.4, -0.2) is 18.5 Å². The number of nitrogens with one attached hydrogen (secondary N) is 1. The van der Waals surface area contributed by atoms with Gasteiger partial charge in [0.15, 0.2) is 0 Å². The summed E-state index contributed by atoms with van der Waals surface area (Å²) in [7, 11) is 0. The summed E-state index contributed by atoms with van der Waals surface area (Å²) in [5.74, 6) is 0.374. The largest absolute Gasteiger partial charge is 0.354 e. The average molecular weight is 226 g/mol. The SMILES string of the molecule is CCC(N)CNC(=O)C1CCCCC1(C)C. The van der Waals surface area contributed by atoms with Gasteiger partial charge in [-0.2, -0.15) is 0 Å². The summed E-state index contributed by atoms with van der Waals surface area (Å²) in [6, 6.07) is 0.0932. The minimum Gasteiger partial charge on any atom is -0.354 e. The molecule has 3 nitrogen and oxygen atoms in total. The van der Waals surface area contributed by atoms with Gasteiger partial charge in [0.2, 0.25) is 5.91 Å². The van der Waals surface area contributed by atoms with Gasteiger partial charge in [0.1, 0.15) is 0 Å². The van der Waals surface area contributed by atoms with E-state index in [1.54, 1.807) is 0 Å². The zero-order chi connectivity index (χ0) is 12.2. The van der Waals surface area contributed by atoms with Crippen LogP contribution in [-0.2, 0) is 4.79 Å². The molecular formula is C13H26N2O. The van der Waals surface area contributed by atoms with Crippen LogP contribution in [0, 0.1) is 11.3 Å². The Hall–Kier alpha value is -0.570. The Morgan fingerprint density at radius 1 is 1.50 bits per heavy atom. The highest BCUT2D eigenvalue weighted by Crippen LogP contribution is 2.40. The first-order chi connectivity index (χ1) is 7.47. The molecule has 3 N–H and O–H groups in total. The normalized spacial score (nSPS) is 26.1. The molecule has 0 aromatic heterocycles. The third kappa shape index (κ3) is 3.48. The fourth-order valence-corrected chi connectivity index (χ4v) is 2.48. The molecule has 0 saturated heterocycles. The molecule has 2 atom stereocenters. The number of nitrogens with two attached hydrogens (primary N) is 1. The van der Waals surface area contributed by atoms with Crippen molar-refractivity contribution in [2.24, 2.45) is 17.1 Å². The number of amides is 1. The lowest BCUT2D eigenvalue weighted by molar-refractivity contribution is -0.130. The molecule has 0 heterocycles. The lowest BCUT2D eigenvalue weighted by Crippen LogP contribution is -2.44. The van der Waals surface area contributed by atoms with E-state index in [0.717, 1.165) is 19.3 Å². The summed E-state index contributed by atoms with van der Waals surface area (Å²) < 4.78 is 0. The molecule has 16 heavy (non-hydrogen) atoms. The highest BCUT2D eigenvalue weighted by molar-refractivity contribution is 5.79. The molecule has 1 amide bonds. The maximum atomic E-state index is 12.1. The van der Waals surface area contributed by atoms with E-state index in [1.165, 1.54) is 12.8 Å². The predicted molar refractivity (Wildman–Crippen MR) is 67.0 cm³/mol. The molecule has 94 valence electrons. The monoisotopic (exact) mass is 226 g/mol. The fraction of sp³-hybridized carbons (Fsp3) is 0.923. The number of hydrogen-bond acceptors (Lipinski definition) is 2. The van der Waals surface area contributed by atoms with Crippen LogP contribution in [0.1, 0.15) is 52.9 Å². The third-order valence-corrected chi connectivity index (χ3v) is 3.89. The van der Waals surface area contributed by atoms with Crippen molar-refractivity contribution in [2.75, 3.05) is 6.54 Å². The second kappa shape index (κ2) is 5.67. The Labute approximate surface area is 99.2 Å². The van der Waals surface area contributed by atoms with Crippen LogP contribution in [0.4, 0.5) is 0 Å². The minimum atomic E-state index is 0.0932. The first kappa shape index (κ1) is 13.5. The van der Waals surface area contributed by atoms with Crippen molar-refractivity contribution in [1.29, 1.82) is 0 Å². The predicted octanol–water partition coefficient (Wildman–Crippen LogP) is 2.06. The van der Waals surface area contributed by atoms with Crippen LogP contribution in [0.2, 0.25) is 0 Å². The Morgan fingerprint density at radius 3 is 2.75 bits per heavy atom. The number of carbonyl (C=O) groups excluding carboxylic acids is 1. The summed E-state index contributed by atoms with van der Waals surface area (Å²) in [6.45, 7) is 7.07. The van der Waals surface area contributed by atoms with Crippen molar-refractivity contribution in [3.8, 4) is 0 Å². The maximum Gasteiger partial charge on any atom is 0.223 e. The van der Waals surface area contributed by atoms with Gasteiger partial charge in [-0.3, -0.25) is 4.79 Å². The second-order valence-corrected chi connectivity index (χ2v) is 5.70. The van der Waals surface area contributed by atoms with Gasteiger partial charge in [0.25, 0.3) is 0 Å². The molecule has 1 fully saturated rings. The van der Waals surface area contributed by atoms with Crippen LogP contribution in [0.25, 0.3) is 0 Å². The van der Waals surface area contributed by atoms with E-state index < -0.39 is 0 Å². The van der Waals surface area contributed by atoms with Crippen LogP contribution < -0.4 is 11.1 Å². The van der Waals surface area contributed by atoms with E-state index in [1.807, 2.05) is 6.92 Å². The van der Waals surface area contributed by atoms with E-state index >= 15 is 0 Å². The van der Waals surface area contributed by atoms with Gasteiger partial charge in [-0.05, 0) is 24.7 Å². The summed E-state index contributed by atoms with van der Waals surface area (Å²) in [4.78, 5) is 12.1. The highest BCUT2D eigenvalue weighted by atomic mass is 16.1. The van der Waals surface area contributed by atoms with Crippen LogP contribution >= 0.6 is 0 Å². The smallest absolute Gasteiger partial charge is 0.223 e. The van der Waals surface area contributed by atoms with E-state index in [2.05, 4.69) is 19.2 Å². The van der Waals surface area contributed by atoms with E-state index in [-0.39, 0.29) is 23.3 Å². The Morgan fingerprint density at radius 2 is 2.19 bits per heavy atom. The third-order valence-electron chi connectivity index (χ3n) is 3.89. The van der Waals surface area contributed by atoms with Crippen molar-refractivity contribution in [3.05, 3.63) is 0 Å². The molecule has 1 aliphatic rings. The van der Waals surface area contributed by atoms with Crippen LogP contribution in [0.3, 0.4) is 0 Å². The molecule has 0 aliphatic heterocycles. The van der Waals surface area contributed by atoms with Crippen LogP contribution in [0.15, 0.2) is 0 Å². The van der Waals surface area contributed by atoms with Crippen molar-refractivity contribution in [3.63, 3.8) is 0 Å². The molecule has 1 rings (SSSR count). The summed E-state index contributed by atoms with van der Waals surface area (Å²) in [5.41, 5.74) is 5.96. The Balaban J connectivity index is 2.46. The number of rotatable bonds is 4. The molecule has 1 saturated carbocycles. The molecule has 0 radical (unpaired) electrons. The zero-order valence-corrected chi connectivity index (χ0v) is 10.9.